The van der Waals surface area contributed by atoms with Gasteiger partial charge in [0.2, 0.25) is 11.7 Å². The number of aromatic amines is 1. The summed E-state index contributed by atoms with van der Waals surface area (Å²) >= 11 is 0. The second-order valence-corrected chi connectivity index (χ2v) is 4.53. The highest BCUT2D eigenvalue weighted by atomic mass is 19.1. The van der Waals surface area contributed by atoms with Gasteiger partial charge in [0.1, 0.15) is 0 Å². The highest BCUT2D eigenvalue weighted by molar-refractivity contribution is 5.86. The molecular formula is C14H10FN3O3. The van der Waals surface area contributed by atoms with Crippen LogP contribution in [0, 0.1) is 12.7 Å². The molecule has 0 aliphatic heterocycles. The second kappa shape index (κ2) is 4.55. The Morgan fingerprint density at radius 2 is 2.00 bits per heavy atom. The fourth-order valence-corrected chi connectivity index (χ4v) is 2.14. The fourth-order valence-electron chi connectivity index (χ4n) is 2.14. The van der Waals surface area contributed by atoms with E-state index in [2.05, 4.69) is 4.98 Å². The van der Waals surface area contributed by atoms with E-state index in [4.69, 9.17) is 0 Å². The maximum absolute atomic E-state index is 13.6. The molecule has 3 rings (SSSR count). The Morgan fingerprint density at radius 1 is 1.24 bits per heavy atom. The monoisotopic (exact) mass is 287 g/mol. The third kappa shape index (κ3) is 1.99. The Balaban J connectivity index is 2.47. The predicted octanol–water partition coefficient (Wildman–Crippen LogP) is 1.23. The number of aryl methyl sites for hydroxylation is 1. The topological polar surface area (TPSA) is 88.0 Å². The summed E-state index contributed by atoms with van der Waals surface area (Å²) in [5.74, 6) is -2.46. The predicted molar refractivity (Wildman–Crippen MR) is 74.3 cm³/mol. The summed E-state index contributed by atoms with van der Waals surface area (Å²) in [6.07, 6.45) is 0. The Hall–Kier alpha value is -2.96. The van der Waals surface area contributed by atoms with Gasteiger partial charge >= 0.3 is 5.69 Å². The standard InChI is InChI=1S/C14H10FN3O3/c1-7-5-6-8-3-2-4-9(11(8)16-7)18-13(20)10(15)12(19)17-14(18)21/h2-6,20H,1H3,(H,17,19,21). The Bertz CT molecular complexity index is 975. The van der Waals surface area contributed by atoms with Crippen molar-refractivity contribution >= 4 is 10.9 Å². The lowest BCUT2D eigenvalue weighted by Crippen LogP contribution is -2.31. The summed E-state index contributed by atoms with van der Waals surface area (Å²) in [5, 5.41) is 10.5. The molecule has 0 radical (unpaired) electrons. The number of rotatable bonds is 1. The summed E-state index contributed by atoms with van der Waals surface area (Å²) in [5.41, 5.74) is -0.893. The molecule has 0 atom stereocenters. The molecule has 0 saturated heterocycles. The van der Waals surface area contributed by atoms with Gasteiger partial charge in [-0.3, -0.25) is 14.8 Å². The molecule has 0 bridgehead atoms. The third-order valence-corrected chi connectivity index (χ3v) is 3.11. The molecule has 21 heavy (non-hydrogen) atoms. The fraction of sp³-hybridized carbons (Fsp3) is 0.0714. The van der Waals surface area contributed by atoms with Crippen LogP contribution in [0.25, 0.3) is 16.6 Å². The molecule has 0 amide bonds. The van der Waals surface area contributed by atoms with Crippen molar-refractivity contribution in [3.8, 4) is 11.6 Å². The van der Waals surface area contributed by atoms with Crippen molar-refractivity contribution in [2.75, 3.05) is 0 Å². The van der Waals surface area contributed by atoms with Gasteiger partial charge in [-0.05, 0) is 19.1 Å². The number of para-hydroxylation sites is 1. The number of fused-ring (bicyclic) bond motifs is 1. The first-order chi connectivity index (χ1) is 9.99. The zero-order valence-electron chi connectivity index (χ0n) is 10.9. The van der Waals surface area contributed by atoms with Crippen LogP contribution < -0.4 is 11.2 Å². The van der Waals surface area contributed by atoms with Gasteiger partial charge in [0, 0.05) is 11.1 Å². The number of nitrogens with zero attached hydrogens (tertiary/aromatic N) is 2. The average Bonchev–Trinajstić information content (AvgIpc) is 2.45. The Labute approximate surface area is 117 Å². The third-order valence-electron chi connectivity index (χ3n) is 3.11. The molecule has 0 aliphatic carbocycles. The molecule has 0 saturated carbocycles. The van der Waals surface area contributed by atoms with Crippen molar-refractivity contribution in [1.29, 1.82) is 0 Å². The number of H-pyrrole nitrogens is 1. The number of hydrogen-bond donors (Lipinski definition) is 2. The van der Waals surface area contributed by atoms with Gasteiger partial charge in [-0.1, -0.05) is 18.2 Å². The lowest BCUT2D eigenvalue weighted by atomic mass is 10.1. The number of nitrogens with one attached hydrogen (secondary N) is 1. The van der Waals surface area contributed by atoms with Gasteiger partial charge in [-0.25, -0.2) is 9.36 Å². The van der Waals surface area contributed by atoms with E-state index in [0.717, 1.165) is 5.39 Å². The molecule has 7 heteroatoms. The molecule has 0 aliphatic rings. The summed E-state index contributed by atoms with van der Waals surface area (Å²) < 4.78 is 14.2. The van der Waals surface area contributed by atoms with Crippen LogP contribution in [0.4, 0.5) is 4.39 Å². The second-order valence-electron chi connectivity index (χ2n) is 4.53. The Kier molecular flexibility index (Phi) is 2.83. The van der Waals surface area contributed by atoms with Crippen molar-refractivity contribution in [1.82, 2.24) is 14.5 Å². The molecule has 0 spiro atoms. The summed E-state index contributed by atoms with van der Waals surface area (Å²) in [4.78, 5) is 29.2. The molecule has 0 fully saturated rings. The number of aromatic nitrogens is 3. The molecule has 0 unspecified atom stereocenters. The highest BCUT2D eigenvalue weighted by Crippen LogP contribution is 2.23. The zero-order valence-corrected chi connectivity index (χ0v) is 10.9. The summed E-state index contributed by atoms with van der Waals surface area (Å²) in [7, 11) is 0. The van der Waals surface area contributed by atoms with Crippen LogP contribution in [0.1, 0.15) is 5.69 Å². The first-order valence-electron chi connectivity index (χ1n) is 6.09. The Morgan fingerprint density at radius 3 is 2.76 bits per heavy atom. The average molecular weight is 287 g/mol. The minimum atomic E-state index is -1.42. The molecular weight excluding hydrogens is 277 g/mol. The molecule has 3 aromatic rings. The van der Waals surface area contributed by atoms with E-state index in [0.29, 0.717) is 15.8 Å². The first-order valence-corrected chi connectivity index (χ1v) is 6.09. The molecule has 2 aromatic heterocycles. The van der Waals surface area contributed by atoms with Crippen molar-refractivity contribution in [2.24, 2.45) is 0 Å². The minimum Gasteiger partial charge on any atom is -0.492 e. The van der Waals surface area contributed by atoms with E-state index in [-0.39, 0.29) is 5.69 Å². The van der Waals surface area contributed by atoms with E-state index in [1.165, 1.54) is 6.07 Å². The van der Waals surface area contributed by atoms with Crippen LogP contribution in [0.2, 0.25) is 0 Å². The van der Waals surface area contributed by atoms with Crippen LogP contribution in [0.5, 0.6) is 5.88 Å². The van der Waals surface area contributed by atoms with Crippen LogP contribution in [0.15, 0.2) is 39.9 Å². The smallest absolute Gasteiger partial charge is 0.336 e. The summed E-state index contributed by atoms with van der Waals surface area (Å²) in [6.45, 7) is 1.77. The van der Waals surface area contributed by atoms with E-state index in [1.807, 2.05) is 4.98 Å². The number of halogens is 1. The van der Waals surface area contributed by atoms with Crippen LogP contribution >= 0.6 is 0 Å². The number of aromatic hydroxyl groups is 1. The van der Waals surface area contributed by atoms with Gasteiger partial charge < -0.3 is 5.11 Å². The zero-order chi connectivity index (χ0) is 15.1. The minimum absolute atomic E-state index is 0.189. The van der Waals surface area contributed by atoms with Gasteiger partial charge in [-0.2, -0.15) is 4.39 Å². The molecule has 6 nitrogen and oxygen atoms in total. The van der Waals surface area contributed by atoms with Crippen LogP contribution in [-0.2, 0) is 0 Å². The lowest BCUT2D eigenvalue weighted by Gasteiger charge is -2.10. The van der Waals surface area contributed by atoms with Crippen molar-refractivity contribution in [3.05, 3.63) is 62.7 Å². The number of pyridine rings is 1. The van der Waals surface area contributed by atoms with E-state index in [9.17, 15) is 19.1 Å². The largest absolute Gasteiger partial charge is 0.492 e. The van der Waals surface area contributed by atoms with Crippen molar-refractivity contribution < 1.29 is 9.50 Å². The SMILES string of the molecule is Cc1ccc2cccc(-n3c(O)c(F)c(=O)[nH]c3=O)c2n1. The summed E-state index contributed by atoms with van der Waals surface area (Å²) in [6, 6.07) is 8.51. The van der Waals surface area contributed by atoms with E-state index < -0.39 is 22.9 Å². The van der Waals surface area contributed by atoms with Gasteiger partial charge in [-0.15, -0.1) is 0 Å². The molecule has 1 aromatic carbocycles. The number of hydrogen-bond acceptors (Lipinski definition) is 4. The van der Waals surface area contributed by atoms with E-state index in [1.54, 1.807) is 31.2 Å². The van der Waals surface area contributed by atoms with Crippen molar-refractivity contribution in [3.63, 3.8) is 0 Å². The van der Waals surface area contributed by atoms with Gasteiger partial charge in [0.05, 0.1) is 11.2 Å². The molecule has 2 heterocycles. The van der Waals surface area contributed by atoms with Gasteiger partial charge in [0.25, 0.3) is 5.56 Å². The van der Waals surface area contributed by atoms with Crippen LogP contribution in [0.3, 0.4) is 0 Å². The van der Waals surface area contributed by atoms with Gasteiger partial charge in [0.15, 0.2) is 0 Å². The molecule has 2 N–H and O–H groups in total. The maximum atomic E-state index is 13.6. The highest BCUT2D eigenvalue weighted by Gasteiger charge is 2.17. The lowest BCUT2D eigenvalue weighted by molar-refractivity contribution is 0.386. The van der Waals surface area contributed by atoms with Crippen LogP contribution in [-0.4, -0.2) is 19.6 Å². The van der Waals surface area contributed by atoms with Crippen molar-refractivity contribution in [2.45, 2.75) is 6.92 Å². The normalized spacial score (nSPS) is 11.0. The number of benzene rings is 1. The van der Waals surface area contributed by atoms with E-state index >= 15 is 0 Å². The maximum Gasteiger partial charge on any atom is 0.336 e. The molecule has 106 valence electrons. The first kappa shape index (κ1) is 13.0. The quantitative estimate of drug-likeness (QED) is 0.704.